The van der Waals surface area contributed by atoms with Gasteiger partial charge in [0.05, 0.1) is 0 Å². The number of carbonyl (C=O) groups is 1. The minimum atomic E-state index is 0.0754. The summed E-state index contributed by atoms with van der Waals surface area (Å²) in [5.41, 5.74) is 0. The molecule has 0 atom stereocenters. The molecule has 0 radical (unpaired) electrons. The molecule has 0 aliphatic carbocycles. The zero-order chi connectivity index (χ0) is 9.07. The van der Waals surface area contributed by atoms with Crippen molar-refractivity contribution in [1.82, 2.24) is 0 Å². The number of thioether (sulfide) groups is 1. The average Bonchev–Trinajstić information content (AvgIpc) is 1.53. The van der Waals surface area contributed by atoms with Gasteiger partial charge in [0.25, 0.3) is 0 Å². The van der Waals surface area contributed by atoms with E-state index in [1.54, 1.807) is 0 Å². The number of carbonyl (C=O) groups excluding carboxylic acids is 1. The summed E-state index contributed by atoms with van der Waals surface area (Å²) < 4.78 is 0.0754. The molecule has 0 spiro atoms. The molecule has 11 heavy (non-hydrogen) atoms. The fourth-order valence-electron chi connectivity index (χ4n) is 0.717. The van der Waals surface area contributed by atoms with Gasteiger partial charge >= 0.3 is 0 Å². The maximum absolute atomic E-state index is 11.2. The molecule has 0 rings (SSSR count). The lowest BCUT2D eigenvalue weighted by atomic mass is 9.68. The predicted octanol–water partition coefficient (Wildman–Crippen LogP) is 2.90. The molecule has 0 aromatic rings. The fraction of sp³-hybridized carbons (Fsp3) is 0.875. The van der Waals surface area contributed by atoms with E-state index >= 15 is 0 Å². The van der Waals surface area contributed by atoms with Gasteiger partial charge in [0.2, 0.25) is 7.28 Å². The van der Waals surface area contributed by atoms with Crippen molar-refractivity contribution in [2.24, 2.45) is 0 Å². The van der Waals surface area contributed by atoms with Gasteiger partial charge in [-0.2, -0.15) is 0 Å². The van der Waals surface area contributed by atoms with E-state index in [0.29, 0.717) is 18.1 Å². The third kappa shape index (κ3) is 7.99. The van der Waals surface area contributed by atoms with Crippen molar-refractivity contribution in [3.8, 4) is 0 Å². The summed E-state index contributed by atoms with van der Waals surface area (Å²) in [6.45, 7) is 10.3. The predicted molar refractivity (Wildman–Crippen MR) is 55.0 cm³/mol. The van der Waals surface area contributed by atoms with Crippen molar-refractivity contribution >= 4 is 24.1 Å². The van der Waals surface area contributed by atoms with Crippen LogP contribution in [0.25, 0.3) is 0 Å². The lowest BCUT2D eigenvalue weighted by Gasteiger charge is -2.16. The minimum absolute atomic E-state index is 0.0754. The van der Waals surface area contributed by atoms with Crippen LogP contribution >= 0.6 is 11.8 Å². The van der Waals surface area contributed by atoms with Crippen molar-refractivity contribution in [2.75, 3.05) is 0 Å². The molecule has 0 amide bonds. The monoisotopic (exact) mass is 172 g/mol. The Morgan fingerprint density at radius 2 is 1.82 bits per heavy atom. The lowest BCUT2D eigenvalue weighted by molar-refractivity contribution is 0.275. The molecule has 0 bridgehead atoms. The number of hydrogen-bond acceptors (Lipinski definition) is 2. The van der Waals surface area contributed by atoms with Crippen LogP contribution < -0.4 is 0 Å². The van der Waals surface area contributed by atoms with Gasteiger partial charge in [0, 0.05) is 4.75 Å². The van der Waals surface area contributed by atoms with Crippen molar-refractivity contribution in [1.29, 1.82) is 0 Å². The zero-order valence-corrected chi connectivity index (χ0v) is 8.92. The molecule has 0 aliphatic heterocycles. The summed E-state index contributed by atoms with van der Waals surface area (Å²) in [4.78, 5) is 11.2. The second-order valence-corrected chi connectivity index (χ2v) is 6.07. The van der Waals surface area contributed by atoms with E-state index < -0.39 is 0 Å². The van der Waals surface area contributed by atoms with E-state index in [4.69, 9.17) is 0 Å². The summed E-state index contributed by atoms with van der Waals surface area (Å²) in [5.74, 6) is 0.484. The van der Waals surface area contributed by atoms with Gasteiger partial charge in [-0.05, 0) is 0 Å². The molecule has 0 aromatic carbocycles. The first-order valence-electron chi connectivity index (χ1n) is 4.03. The van der Waals surface area contributed by atoms with E-state index in [1.165, 1.54) is 11.8 Å². The van der Waals surface area contributed by atoms with Crippen molar-refractivity contribution in [3.05, 3.63) is 0 Å². The highest BCUT2D eigenvalue weighted by atomic mass is 32.2. The van der Waals surface area contributed by atoms with Gasteiger partial charge in [-0.3, -0.25) is 4.79 Å². The van der Waals surface area contributed by atoms with Crippen LogP contribution in [0.2, 0.25) is 5.82 Å². The summed E-state index contributed by atoms with van der Waals surface area (Å²) in [5, 5.41) is 0.313. The van der Waals surface area contributed by atoms with Crippen LogP contribution in [0.3, 0.4) is 0 Å². The Hall–Kier alpha value is 0.0849. The van der Waals surface area contributed by atoms with Crippen LogP contribution in [0.4, 0.5) is 4.79 Å². The van der Waals surface area contributed by atoms with Crippen molar-refractivity contribution in [2.45, 2.75) is 45.2 Å². The molecule has 0 unspecified atom stereocenters. The second-order valence-electron chi connectivity index (χ2n) is 4.18. The third-order valence-corrected chi connectivity index (χ3v) is 2.00. The van der Waals surface area contributed by atoms with Gasteiger partial charge in [0.15, 0.2) is 0 Å². The van der Waals surface area contributed by atoms with Crippen LogP contribution in [-0.4, -0.2) is 17.0 Å². The summed E-state index contributed by atoms with van der Waals surface area (Å²) >= 11 is 1.45. The van der Waals surface area contributed by atoms with Crippen LogP contribution in [0, 0.1) is 0 Å². The highest BCUT2D eigenvalue weighted by Crippen LogP contribution is 2.25. The standard InChI is InChI=1S/C8H17BOS/c1-6(2)9-7(10)11-8(3,4)5/h6,9H,1-5H3. The SMILES string of the molecule is CC(C)BC(=O)SC(C)(C)C. The Balaban J connectivity index is 3.71. The van der Waals surface area contributed by atoms with E-state index in [0.717, 1.165) is 0 Å². The molecule has 1 nitrogen and oxygen atoms in total. The van der Waals surface area contributed by atoms with E-state index in [9.17, 15) is 4.79 Å². The highest BCUT2D eigenvalue weighted by Gasteiger charge is 2.17. The van der Waals surface area contributed by atoms with Crippen molar-refractivity contribution < 1.29 is 4.79 Å². The van der Waals surface area contributed by atoms with Crippen LogP contribution in [0.5, 0.6) is 0 Å². The zero-order valence-electron chi connectivity index (χ0n) is 8.10. The van der Waals surface area contributed by atoms with Crippen LogP contribution in [-0.2, 0) is 0 Å². The highest BCUT2D eigenvalue weighted by molar-refractivity contribution is 8.17. The second kappa shape index (κ2) is 4.20. The molecule has 0 aliphatic rings. The Labute approximate surface area is 74.6 Å². The first-order chi connectivity index (χ1) is 4.81. The van der Waals surface area contributed by atoms with E-state index in [2.05, 4.69) is 34.6 Å². The summed E-state index contributed by atoms with van der Waals surface area (Å²) in [6, 6.07) is 0. The van der Waals surface area contributed by atoms with Crippen molar-refractivity contribution in [3.63, 3.8) is 0 Å². The van der Waals surface area contributed by atoms with Gasteiger partial charge in [-0.1, -0.05) is 52.2 Å². The molecule has 3 heteroatoms. The third-order valence-electron chi connectivity index (χ3n) is 0.995. The molecule has 64 valence electrons. The topological polar surface area (TPSA) is 17.1 Å². The quantitative estimate of drug-likeness (QED) is 0.595. The first kappa shape index (κ1) is 11.1. The molecule has 0 N–H and O–H groups in total. The Morgan fingerprint density at radius 3 is 2.09 bits per heavy atom. The molecule has 0 aromatic heterocycles. The van der Waals surface area contributed by atoms with Crippen LogP contribution in [0.15, 0.2) is 0 Å². The Morgan fingerprint density at radius 1 is 1.36 bits per heavy atom. The fourth-order valence-corrected chi connectivity index (χ4v) is 1.82. The number of rotatable bonds is 2. The van der Waals surface area contributed by atoms with Gasteiger partial charge in [0.1, 0.15) is 5.01 Å². The smallest absolute Gasteiger partial charge is 0.222 e. The molecule has 0 saturated heterocycles. The molecule has 0 fully saturated rings. The summed E-state index contributed by atoms with van der Waals surface area (Å²) in [6.07, 6.45) is 0. The van der Waals surface area contributed by atoms with E-state index in [-0.39, 0.29) is 4.75 Å². The maximum Gasteiger partial charge on any atom is 0.222 e. The summed E-state index contributed by atoms with van der Waals surface area (Å²) in [7, 11) is 0.696. The van der Waals surface area contributed by atoms with E-state index in [1.807, 2.05) is 0 Å². The molecule has 0 heterocycles. The molecular weight excluding hydrogens is 155 g/mol. The number of hydrogen-bond donors (Lipinski definition) is 0. The van der Waals surface area contributed by atoms with Gasteiger partial charge < -0.3 is 0 Å². The largest absolute Gasteiger partial charge is 0.300 e. The normalized spacial score (nSPS) is 11.8. The Kier molecular flexibility index (Phi) is 4.23. The maximum atomic E-state index is 11.2. The first-order valence-corrected chi connectivity index (χ1v) is 4.85. The average molecular weight is 172 g/mol. The molecular formula is C8H17BOS. The van der Waals surface area contributed by atoms with Crippen LogP contribution in [0.1, 0.15) is 34.6 Å². The van der Waals surface area contributed by atoms with Gasteiger partial charge in [-0.15, -0.1) is 0 Å². The lowest BCUT2D eigenvalue weighted by Crippen LogP contribution is -2.16. The molecule has 0 saturated carbocycles. The van der Waals surface area contributed by atoms with Gasteiger partial charge in [-0.25, -0.2) is 0 Å². The Bertz CT molecular complexity index is 138. The minimum Gasteiger partial charge on any atom is -0.300 e.